The highest BCUT2D eigenvalue weighted by atomic mass is 127. The highest BCUT2D eigenvalue weighted by Gasteiger charge is 2.23. The summed E-state index contributed by atoms with van der Waals surface area (Å²) in [5.74, 6) is -5.45. The lowest BCUT2D eigenvalue weighted by Gasteiger charge is -2.16. The maximum atomic E-state index is 14.3. The van der Waals surface area contributed by atoms with Crippen molar-refractivity contribution in [3.63, 3.8) is 0 Å². The molecule has 0 aliphatic rings. The first kappa shape index (κ1) is 19.5. The summed E-state index contributed by atoms with van der Waals surface area (Å²) in [5, 5.41) is 14.2. The van der Waals surface area contributed by atoms with Gasteiger partial charge in [0.25, 0.3) is 5.91 Å². The molecule has 4 nitrogen and oxygen atoms in total. The summed E-state index contributed by atoms with van der Waals surface area (Å²) in [4.78, 5) is 12.2. The molecule has 2 aromatic rings. The van der Waals surface area contributed by atoms with Crippen molar-refractivity contribution in [2.24, 2.45) is 0 Å². The van der Waals surface area contributed by atoms with Crippen LogP contribution in [0, 0.1) is 27.9 Å². The average molecular weight is 464 g/mol. The van der Waals surface area contributed by atoms with Crippen LogP contribution in [-0.4, -0.2) is 23.7 Å². The molecule has 3 N–H and O–H groups in total. The molecule has 0 spiro atoms. The van der Waals surface area contributed by atoms with E-state index < -0.39 is 40.7 Å². The Morgan fingerprint density at radius 1 is 1.24 bits per heavy atom. The number of carbonyl (C=O) groups excluding carboxylic acids is 1. The van der Waals surface area contributed by atoms with Crippen molar-refractivity contribution in [1.29, 1.82) is 0 Å². The third-order valence-corrected chi connectivity index (χ3v) is 4.08. The lowest BCUT2D eigenvalue weighted by molar-refractivity contribution is 0.0924. The minimum absolute atomic E-state index is 0.110. The van der Waals surface area contributed by atoms with Crippen molar-refractivity contribution in [1.82, 2.24) is 5.32 Å². The Hall–Kier alpha value is -1.81. The Labute approximate surface area is 156 Å². The van der Waals surface area contributed by atoms with Crippen LogP contribution in [0.4, 0.5) is 24.5 Å². The van der Waals surface area contributed by atoms with Crippen molar-refractivity contribution >= 4 is 39.9 Å². The van der Waals surface area contributed by atoms with E-state index in [0.29, 0.717) is 11.8 Å². The van der Waals surface area contributed by atoms with E-state index in [4.69, 9.17) is 0 Å². The second-order valence-corrected chi connectivity index (χ2v) is 6.80. The van der Waals surface area contributed by atoms with E-state index in [1.807, 2.05) is 6.07 Å². The number of aliphatic hydroxyl groups is 1. The maximum Gasteiger partial charge on any atom is 0.253 e. The molecular weight excluding hydrogens is 448 g/mol. The van der Waals surface area contributed by atoms with Crippen molar-refractivity contribution in [3.05, 3.63) is 56.4 Å². The van der Waals surface area contributed by atoms with Gasteiger partial charge in [0.1, 0.15) is 0 Å². The van der Waals surface area contributed by atoms with E-state index in [-0.39, 0.29) is 6.54 Å². The van der Waals surface area contributed by atoms with Gasteiger partial charge in [0, 0.05) is 15.8 Å². The molecule has 0 saturated heterocycles. The number of rotatable bonds is 5. The first-order chi connectivity index (χ1) is 11.7. The predicted molar refractivity (Wildman–Crippen MR) is 97.5 cm³/mol. The van der Waals surface area contributed by atoms with Crippen LogP contribution in [0.5, 0.6) is 0 Å². The van der Waals surface area contributed by atoms with Gasteiger partial charge in [-0.2, -0.15) is 0 Å². The molecule has 1 unspecified atom stereocenters. The van der Waals surface area contributed by atoms with Gasteiger partial charge in [-0.1, -0.05) is 0 Å². The van der Waals surface area contributed by atoms with Crippen LogP contribution in [0.25, 0.3) is 0 Å². The number of carbonyl (C=O) groups is 1. The second kappa shape index (κ2) is 8.05. The topological polar surface area (TPSA) is 61.4 Å². The molecule has 0 bridgehead atoms. The number of amides is 1. The molecule has 1 amide bonds. The van der Waals surface area contributed by atoms with Gasteiger partial charge in [0.2, 0.25) is 0 Å². The zero-order valence-corrected chi connectivity index (χ0v) is 15.6. The monoisotopic (exact) mass is 464 g/mol. The quantitative estimate of drug-likeness (QED) is 0.465. The summed E-state index contributed by atoms with van der Waals surface area (Å²) in [6, 6.07) is 5.84. The third kappa shape index (κ3) is 4.63. The fraction of sp³-hybridized carbons (Fsp3) is 0.235. The van der Waals surface area contributed by atoms with Gasteiger partial charge >= 0.3 is 0 Å². The zero-order valence-electron chi connectivity index (χ0n) is 13.5. The van der Waals surface area contributed by atoms with Crippen molar-refractivity contribution in [3.8, 4) is 0 Å². The summed E-state index contributed by atoms with van der Waals surface area (Å²) in [7, 11) is 0. The van der Waals surface area contributed by atoms with Gasteiger partial charge in [-0.3, -0.25) is 4.79 Å². The lowest BCUT2D eigenvalue weighted by Crippen LogP contribution is -2.31. The van der Waals surface area contributed by atoms with Gasteiger partial charge in [0.15, 0.2) is 17.5 Å². The Bertz CT molecular complexity index is 813. The molecule has 0 aliphatic heterocycles. The van der Waals surface area contributed by atoms with E-state index >= 15 is 0 Å². The van der Waals surface area contributed by atoms with Gasteiger partial charge in [-0.25, -0.2) is 13.2 Å². The first-order valence-corrected chi connectivity index (χ1v) is 8.45. The highest BCUT2D eigenvalue weighted by molar-refractivity contribution is 14.1. The molecule has 0 saturated carbocycles. The van der Waals surface area contributed by atoms with Crippen molar-refractivity contribution in [2.75, 3.05) is 11.9 Å². The van der Waals surface area contributed by atoms with Crippen LogP contribution in [0.2, 0.25) is 0 Å². The number of hydrogen-bond acceptors (Lipinski definition) is 3. The summed E-state index contributed by atoms with van der Waals surface area (Å²) >= 11 is 2.10. The normalized spacial score (nSPS) is 12.0. The largest absolute Gasteiger partial charge is 0.392 e. The molecule has 0 heterocycles. The molecule has 0 aromatic heterocycles. The Kier molecular flexibility index (Phi) is 6.28. The van der Waals surface area contributed by atoms with E-state index in [9.17, 15) is 23.1 Å². The zero-order chi connectivity index (χ0) is 18.7. The molecular formula is C17H16F3IN2O2. The van der Waals surface area contributed by atoms with E-state index in [1.165, 1.54) is 6.92 Å². The smallest absolute Gasteiger partial charge is 0.253 e. The molecule has 0 aliphatic carbocycles. The fourth-order valence-corrected chi connectivity index (χ4v) is 2.78. The minimum Gasteiger partial charge on any atom is -0.392 e. The molecule has 2 rings (SSSR count). The SMILES string of the molecule is Cc1cc(I)ccc1Nc1c(C(=O)NCC(C)O)cc(F)c(F)c1F. The number of benzene rings is 2. The van der Waals surface area contributed by atoms with Gasteiger partial charge in [-0.05, 0) is 66.3 Å². The molecule has 1 atom stereocenters. The molecule has 134 valence electrons. The summed E-state index contributed by atoms with van der Waals surface area (Å²) in [6.07, 6.45) is -0.839. The van der Waals surface area contributed by atoms with Gasteiger partial charge in [-0.15, -0.1) is 0 Å². The first-order valence-electron chi connectivity index (χ1n) is 7.37. The van der Waals surface area contributed by atoms with Crippen LogP contribution in [0.15, 0.2) is 24.3 Å². The van der Waals surface area contributed by atoms with Gasteiger partial charge in [0.05, 0.1) is 17.4 Å². The van der Waals surface area contributed by atoms with Crippen LogP contribution in [0.1, 0.15) is 22.8 Å². The maximum absolute atomic E-state index is 14.3. The number of aryl methyl sites for hydroxylation is 1. The molecule has 25 heavy (non-hydrogen) atoms. The van der Waals surface area contributed by atoms with Crippen LogP contribution in [-0.2, 0) is 0 Å². The number of anilines is 2. The minimum atomic E-state index is -1.67. The van der Waals surface area contributed by atoms with E-state index in [0.717, 1.165) is 9.13 Å². The molecule has 0 fully saturated rings. The Balaban J connectivity index is 2.47. The number of aliphatic hydroxyl groups excluding tert-OH is 1. The van der Waals surface area contributed by atoms with Crippen LogP contribution in [0.3, 0.4) is 0 Å². The number of nitrogens with one attached hydrogen (secondary N) is 2. The van der Waals surface area contributed by atoms with Crippen molar-refractivity contribution in [2.45, 2.75) is 20.0 Å². The Morgan fingerprint density at radius 3 is 2.52 bits per heavy atom. The van der Waals surface area contributed by atoms with E-state index in [1.54, 1.807) is 19.1 Å². The Morgan fingerprint density at radius 2 is 1.92 bits per heavy atom. The van der Waals surface area contributed by atoms with Crippen LogP contribution < -0.4 is 10.6 Å². The second-order valence-electron chi connectivity index (χ2n) is 5.55. The number of hydrogen-bond donors (Lipinski definition) is 3. The van der Waals surface area contributed by atoms with Crippen LogP contribution >= 0.6 is 22.6 Å². The lowest BCUT2D eigenvalue weighted by atomic mass is 10.1. The molecule has 0 radical (unpaired) electrons. The summed E-state index contributed by atoms with van der Waals surface area (Å²) < 4.78 is 42.4. The van der Waals surface area contributed by atoms with E-state index in [2.05, 4.69) is 33.2 Å². The summed E-state index contributed by atoms with van der Waals surface area (Å²) in [5.41, 5.74) is 0.336. The standard InChI is InChI=1S/C17H16F3IN2O2/c1-8-5-10(21)3-4-13(8)23-16-11(17(25)22-7-9(2)24)6-12(18)14(19)15(16)20/h3-6,9,23-24H,7H2,1-2H3,(H,22,25). The number of halogens is 4. The predicted octanol–water partition coefficient (Wildman–Crippen LogP) is 3.87. The average Bonchev–Trinajstić information content (AvgIpc) is 2.54. The van der Waals surface area contributed by atoms with Crippen molar-refractivity contribution < 1.29 is 23.1 Å². The molecule has 2 aromatic carbocycles. The summed E-state index contributed by atoms with van der Waals surface area (Å²) in [6.45, 7) is 3.09. The third-order valence-electron chi connectivity index (χ3n) is 3.41. The van der Waals surface area contributed by atoms with Gasteiger partial charge < -0.3 is 15.7 Å². The molecule has 8 heteroatoms. The fourth-order valence-electron chi connectivity index (χ4n) is 2.13. The highest BCUT2D eigenvalue weighted by Crippen LogP contribution is 2.30.